The van der Waals surface area contributed by atoms with Gasteiger partial charge in [-0.3, -0.25) is 0 Å². The second-order valence-corrected chi connectivity index (χ2v) is 3.60. The van der Waals surface area contributed by atoms with Crippen LogP contribution in [0, 0.1) is 5.92 Å². The highest BCUT2D eigenvalue weighted by atomic mass is 32.1. The maximum Gasteiger partial charge on any atom is 0.143 e. The molecule has 4 N–H and O–H groups in total. The molecule has 0 fully saturated rings. The molecule has 0 spiro atoms. The normalized spacial score (nSPS) is 14.1. The molecule has 1 rings (SSSR count). The monoisotopic (exact) mass is 199 g/mol. The smallest absolute Gasteiger partial charge is 0.143 e. The molecule has 0 aliphatic heterocycles. The lowest BCUT2D eigenvalue weighted by molar-refractivity contribution is 0.315. The van der Waals surface area contributed by atoms with Crippen LogP contribution in [-0.4, -0.2) is 17.6 Å². The van der Waals surface area contributed by atoms with Gasteiger partial charge in [0, 0.05) is 23.5 Å². The van der Waals surface area contributed by atoms with Crippen LogP contribution in [0.25, 0.3) is 0 Å². The quantitative estimate of drug-likeness (QED) is 0.298. The molecule has 4 nitrogen and oxygen atoms in total. The Bertz CT molecular complexity index is 271. The van der Waals surface area contributed by atoms with E-state index in [0.29, 0.717) is 6.54 Å². The lowest BCUT2D eigenvalue weighted by atomic mass is 10.1. The summed E-state index contributed by atoms with van der Waals surface area (Å²) in [5, 5.41) is 18.5. The molecule has 1 aromatic heterocycles. The van der Waals surface area contributed by atoms with Gasteiger partial charge in [-0.05, 0) is 11.4 Å². The molecule has 0 saturated carbocycles. The first-order valence-corrected chi connectivity index (χ1v) is 4.92. The standard InChI is InChI=1S/C8H13N3OS/c1-6(8(9)11-12)4-10-7-2-3-13-5-7/h2-3,5-6,10,12H,4H2,1H3,(H2,9,11). The summed E-state index contributed by atoms with van der Waals surface area (Å²) in [6.45, 7) is 2.57. The number of anilines is 1. The van der Waals surface area contributed by atoms with Gasteiger partial charge >= 0.3 is 0 Å². The zero-order valence-corrected chi connectivity index (χ0v) is 8.21. The molecule has 72 valence electrons. The Morgan fingerprint density at radius 2 is 2.62 bits per heavy atom. The highest BCUT2D eigenvalue weighted by Crippen LogP contribution is 2.12. The van der Waals surface area contributed by atoms with Crippen molar-refractivity contribution in [1.29, 1.82) is 0 Å². The molecule has 1 unspecified atom stereocenters. The van der Waals surface area contributed by atoms with Crippen molar-refractivity contribution in [3.63, 3.8) is 0 Å². The molecule has 0 aliphatic carbocycles. The minimum Gasteiger partial charge on any atom is -0.409 e. The summed E-state index contributed by atoms with van der Waals surface area (Å²) in [6.07, 6.45) is 0. The summed E-state index contributed by atoms with van der Waals surface area (Å²) in [5.41, 5.74) is 6.49. The summed E-state index contributed by atoms with van der Waals surface area (Å²) in [7, 11) is 0. The maximum absolute atomic E-state index is 8.40. The van der Waals surface area contributed by atoms with Crippen molar-refractivity contribution < 1.29 is 5.21 Å². The third-order valence-electron chi connectivity index (χ3n) is 1.75. The van der Waals surface area contributed by atoms with Gasteiger partial charge in [0.05, 0.1) is 0 Å². The maximum atomic E-state index is 8.40. The first kappa shape index (κ1) is 9.85. The molecule has 0 aromatic carbocycles. The SMILES string of the molecule is CC(CNc1ccsc1)/C(N)=N/O. The van der Waals surface area contributed by atoms with E-state index >= 15 is 0 Å². The third kappa shape index (κ3) is 2.95. The Balaban J connectivity index is 2.35. The van der Waals surface area contributed by atoms with Gasteiger partial charge in [0.2, 0.25) is 0 Å². The molecule has 5 heteroatoms. The highest BCUT2D eigenvalue weighted by molar-refractivity contribution is 7.08. The first-order valence-electron chi connectivity index (χ1n) is 3.97. The van der Waals surface area contributed by atoms with E-state index in [4.69, 9.17) is 10.9 Å². The van der Waals surface area contributed by atoms with Crippen molar-refractivity contribution in [2.75, 3.05) is 11.9 Å². The van der Waals surface area contributed by atoms with E-state index in [1.54, 1.807) is 11.3 Å². The number of nitrogens with two attached hydrogens (primary N) is 1. The van der Waals surface area contributed by atoms with Gasteiger partial charge < -0.3 is 16.3 Å². The van der Waals surface area contributed by atoms with E-state index in [0.717, 1.165) is 5.69 Å². The number of hydrogen-bond acceptors (Lipinski definition) is 4. The number of hydrogen-bond donors (Lipinski definition) is 3. The number of oxime groups is 1. The summed E-state index contributed by atoms with van der Waals surface area (Å²) in [5.74, 6) is 0.285. The zero-order valence-electron chi connectivity index (χ0n) is 7.40. The van der Waals surface area contributed by atoms with Crippen molar-refractivity contribution in [3.8, 4) is 0 Å². The molecule has 0 aliphatic rings. The van der Waals surface area contributed by atoms with Gasteiger partial charge in [-0.2, -0.15) is 11.3 Å². The van der Waals surface area contributed by atoms with Crippen LogP contribution in [0.2, 0.25) is 0 Å². The lowest BCUT2D eigenvalue weighted by Crippen LogP contribution is -2.27. The molecule has 1 heterocycles. The van der Waals surface area contributed by atoms with Crippen LogP contribution < -0.4 is 11.1 Å². The third-order valence-corrected chi connectivity index (χ3v) is 2.44. The fourth-order valence-corrected chi connectivity index (χ4v) is 1.45. The van der Waals surface area contributed by atoms with Crippen molar-refractivity contribution in [2.24, 2.45) is 16.8 Å². The highest BCUT2D eigenvalue weighted by Gasteiger charge is 2.06. The number of thiophene rings is 1. The van der Waals surface area contributed by atoms with E-state index in [2.05, 4.69) is 10.5 Å². The molecule has 1 atom stereocenters. The van der Waals surface area contributed by atoms with Crippen LogP contribution in [0.1, 0.15) is 6.92 Å². The van der Waals surface area contributed by atoms with Gasteiger partial charge in [0.1, 0.15) is 5.84 Å². The topological polar surface area (TPSA) is 70.6 Å². The van der Waals surface area contributed by atoms with E-state index in [1.807, 2.05) is 23.8 Å². The molecular weight excluding hydrogens is 186 g/mol. The van der Waals surface area contributed by atoms with Crippen LogP contribution in [0.3, 0.4) is 0 Å². The fraction of sp³-hybridized carbons (Fsp3) is 0.375. The van der Waals surface area contributed by atoms with Gasteiger partial charge in [0.25, 0.3) is 0 Å². The Labute approximate surface area is 81.1 Å². The van der Waals surface area contributed by atoms with Crippen LogP contribution in [0.15, 0.2) is 22.0 Å². The van der Waals surface area contributed by atoms with Crippen molar-refractivity contribution in [2.45, 2.75) is 6.92 Å². The predicted octanol–water partition coefficient (Wildman–Crippen LogP) is 1.54. The van der Waals surface area contributed by atoms with Crippen molar-refractivity contribution in [1.82, 2.24) is 0 Å². The largest absolute Gasteiger partial charge is 0.409 e. The van der Waals surface area contributed by atoms with E-state index in [9.17, 15) is 0 Å². The first-order chi connectivity index (χ1) is 6.24. The summed E-state index contributed by atoms with van der Waals surface area (Å²) >= 11 is 1.63. The Morgan fingerprint density at radius 3 is 3.15 bits per heavy atom. The minimum absolute atomic E-state index is 0.0323. The number of nitrogens with one attached hydrogen (secondary N) is 1. The van der Waals surface area contributed by atoms with Crippen molar-refractivity contribution in [3.05, 3.63) is 16.8 Å². The second-order valence-electron chi connectivity index (χ2n) is 2.82. The molecule has 0 amide bonds. The van der Waals surface area contributed by atoms with Crippen LogP contribution >= 0.6 is 11.3 Å². The molecule has 0 saturated heterocycles. The van der Waals surface area contributed by atoms with Crippen LogP contribution in [0.4, 0.5) is 5.69 Å². The van der Waals surface area contributed by atoms with Gasteiger partial charge in [-0.15, -0.1) is 0 Å². The summed E-state index contributed by atoms with van der Waals surface area (Å²) < 4.78 is 0. The van der Waals surface area contributed by atoms with Gasteiger partial charge in [-0.1, -0.05) is 12.1 Å². The number of amidine groups is 1. The Morgan fingerprint density at radius 1 is 1.85 bits per heavy atom. The summed E-state index contributed by atoms with van der Waals surface area (Å²) in [6, 6.07) is 1.99. The molecule has 13 heavy (non-hydrogen) atoms. The number of rotatable bonds is 4. The predicted molar refractivity (Wildman–Crippen MR) is 55.4 cm³/mol. The Hall–Kier alpha value is -1.23. The summed E-state index contributed by atoms with van der Waals surface area (Å²) in [4.78, 5) is 0. The fourth-order valence-electron chi connectivity index (χ4n) is 0.839. The lowest BCUT2D eigenvalue weighted by Gasteiger charge is -2.10. The minimum atomic E-state index is 0.0323. The van der Waals surface area contributed by atoms with Gasteiger partial charge in [0.15, 0.2) is 0 Å². The Kier molecular flexibility index (Phi) is 3.57. The van der Waals surface area contributed by atoms with E-state index in [-0.39, 0.29) is 11.8 Å². The average Bonchev–Trinajstić information content (AvgIpc) is 2.65. The zero-order chi connectivity index (χ0) is 9.68. The van der Waals surface area contributed by atoms with Crippen LogP contribution in [0.5, 0.6) is 0 Å². The molecular formula is C8H13N3OS. The van der Waals surface area contributed by atoms with Crippen molar-refractivity contribution >= 4 is 22.9 Å². The number of nitrogens with zero attached hydrogens (tertiary/aromatic N) is 1. The second kappa shape index (κ2) is 4.71. The van der Waals surface area contributed by atoms with Gasteiger partial charge in [-0.25, -0.2) is 0 Å². The average molecular weight is 199 g/mol. The van der Waals surface area contributed by atoms with E-state index < -0.39 is 0 Å². The molecule has 1 aromatic rings. The van der Waals surface area contributed by atoms with Crippen LogP contribution in [-0.2, 0) is 0 Å². The van der Waals surface area contributed by atoms with E-state index in [1.165, 1.54) is 0 Å². The molecule has 0 radical (unpaired) electrons. The molecule has 0 bridgehead atoms.